The van der Waals surface area contributed by atoms with Crippen LogP contribution in [-0.2, 0) is 18.3 Å². The molecule has 3 heterocycles. The van der Waals surface area contributed by atoms with Gasteiger partial charge >= 0.3 is 0 Å². The number of amides is 2. The number of H-pyrrole nitrogens is 1. The Morgan fingerprint density at radius 1 is 1.06 bits per heavy atom. The summed E-state index contributed by atoms with van der Waals surface area (Å²) in [4.78, 5) is 44.2. The van der Waals surface area contributed by atoms with Crippen LogP contribution >= 0.6 is 0 Å². The number of aryl methyl sites for hydroxylation is 3. The number of fused-ring (bicyclic) bond motifs is 1. The van der Waals surface area contributed by atoms with Gasteiger partial charge in [0.15, 0.2) is 0 Å². The van der Waals surface area contributed by atoms with Crippen molar-refractivity contribution in [2.75, 3.05) is 26.2 Å². The lowest BCUT2D eigenvalue weighted by Gasteiger charge is -2.35. The molecule has 3 aromatic rings. The Morgan fingerprint density at radius 3 is 2.34 bits per heavy atom. The first kappa shape index (κ1) is 21.7. The van der Waals surface area contributed by atoms with E-state index >= 15 is 0 Å². The molecule has 1 aromatic carbocycles. The number of hydrogen-bond donors (Lipinski definition) is 1. The second-order valence-electron chi connectivity index (χ2n) is 8.17. The van der Waals surface area contributed by atoms with Gasteiger partial charge in [0.25, 0.3) is 11.5 Å². The number of aromatic nitrogens is 3. The molecule has 0 unspecified atom stereocenters. The number of nitrogens with one attached hydrogen (secondary N) is 1. The molecule has 9 heteroatoms. The predicted octanol–water partition coefficient (Wildman–Crippen LogP) is 1.93. The summed E-state index contributed by atoms with van der Waals surface area (Å²) in [6, 6.07) is 5.47. The summed E-state index contributed by atoms with van der Waals surface area (Å²) >= 11 is 0. The number of carbonyl (C=O) groups excluding carboxylic acids is 2. The van der Waals surface area contributed by atoms with Crippen LogP contribution < -0.4 is 5.56 Å². The van der Waals surface area contributed by atoms with Gasteiger partial charge in [0, 0.05) is 56.2 Å². The van der Waals surface area contributed by atoms with Gasteiger partial charge < -0.3 is 14.8 Å². The number of hydrogen-bond acceptors (Lipinski definition) is 4. The lowest BCUT2D eigenvalue weighted by Crippen LogP contribution is -2.50. The van der Waals surface area contributed by atoms with Gasteiger partial charge in [-0.25, -0.2) is 4.39 Å². The molecule has 32 heavy (non-hydrogen) atoms. The van der Waals surface area contributed by atoms with Gasteiger partial charge in [-0.3, -0.25) is 19.1 Å². The molecule has 0 spiro atoms. The first-order valence-electron chi connectivity index (χ1n) is 10.6. The van der Waals surface area contributed by atoms with Crippen LogP contribution in [-0.4, -0.2) is 62.6 Å². The highest BCUT2D eigenvalue weighted by molar-refractivity contribution is 5.94. The molecular formula is C23H26FN5O3. The molecule has 1 N–H and O–H groups in total. The Morgan fingerprint density at radius 2 is 1.69 bits per heavy atom. The quantitative estimate of drug-likeness (QED) is 0.673. The van der Waals surface area contributed by atoms with Crippen LogP contribution in [0.3, 0.4) is 0 Å². The third kappa shape index (κ3) is 4.02. The van der Waals surface area contributed by atoms with E-state index < -0.39 is 0 Å². The largest absolute Gasteiger partial charge is 0.339 e. The Balaban J connectivity index is 1.38. The number of halogens is 1. The van der Waals surface area contributed by atoms with Gasteiger partial charge in [0.05, 0.1) is 5.69 Å². The topological polar surface area (TPSA) is 91.3 Å². The van der Waals surface area contributed by atoms with Gasteiger partial charge in [-0.2, -0.15) is 5.10 Å². The third-order valence-electron chi connectivity index (χ3n) is 6.16. The van der Waals surface area contributed by atoms with Gasteiger partial charge in [-0.15, -0.1) is 0 Å². The highest BCUT2D eigenvalue weighted by Gasteiger charge is 2.25. The Hall–Kier alpha value is -3.49. The maximum absolute atomic E-state index is 13.1. The highest BCUT2D eigenvalue weighted by atomic mass is 19.1. The van der Waals surface area contributed by atoms with E-state index in [1.807, 2.05) is 13.8 Å². The summed E-state index contributed by atoms with van der Waals surface area (Å²) in [5.41, 5.74) is 3.22. The number of nitrogens with zero attached hydrogens (tertiary/aromatic N) is 4. The van der Waals surface area contributed by atoms with Crippen molar-refractivity contribution in [1.29, 1.82) is 0 Å². The summed E-state index contributed by atoms with van der Waals surface area (Å²) in [6.07, 6.45) is 0.569. The zero-order valence-corrected chi connectivity index (χ0v) is 18.4. The number of rotatable bonds is 4. The normalized spacial score (nSPS) is 14.2. The van der Waals surface area contributed by atoms with Crippen LogP contribution in [0.2, 0.25) is 0 Å². The Bertz CT molecular complexity index is 1240. The summed E-state index contributed by atoms with van der Waals surface area (Å²) < 4.78 is 14.7. The van der Waals surface area contributed by atoms with E-state index in [2.05, 4.69) is 10.1 Å². The van der Waals surface area contributed by atoms with Crippen LogP contribution in [0.4, 0.5) is 4.39 Å². The van der Waals surface area contributed by atoms with E-state index in [-0.39, 0.29) is 29.6 Å². The molecule has 1 fully saturated rings. The summed E-state index contributed by atoms with van der Waals surface area (Å²) in [7, 11) is 1.79. The van der Waals surface area contributed by atoms with Gasteiger partial charge in [0.2, 0.25) is 5.91 Å². The highest BCUT2D eigenvalue weighted by Crippen LogP contribution is 2.21. The maximum Gasteiger partial charge on any atom is 0.253 e. The molecule has 0 aliphatic carbocycles. The maximum atomic E-state index is 13.1. The van der Waals surface area contributed by atoms with Crippen molar-refractivity contribution in [1.82, 2.24) is 24.6 Å². The van der Waals surface area contributed by atoms with E-state index in [1.165, 1.54) is 24.3 Å². The Labute approximate surface area is 184 Å². The van der Waals surface area contributed by atoms with Gasteiger partial charge in [-0.1, -0.05) is 0 Å². The third-order valence-corrected chi connectivity index (χ3v) is 6.16. The molecule has 8 nitrogen and oxygen atoms in total. The minimum atomic E-state index is -0.385. The molecular weight excluding hydrogens is 413 g/mol. The van der Waals surface area contributed by atoms with Gasteiger partial charge in [0.1, 0.15) is 11.5 Å². The van der Waals surface area contributed by atoms with E-state index in [1.54, 1.807) is 21.5 Å². The van der Waals surface area contributed by atoms with Crippen molar-refractivity contribution in [2.24, 2.45) is 7.05 Å². The zero-order chi connectivity index (χ0) is 23.0. The average molecular weight is 439 g/mol. The molecule has 168 valence electrons. The van der Waals surface area contributed by atoms with Crippen molar-refractivity contribution >= 4 is 22.8 Å². The van der Waals surface area contributed by atoms with Gasteiger partial charge in [-0.05, 0) is 50.1 Å². The summed E-state index contributed by atoms with van der Waals surface area (Å²) in [6.45, 7) is 5.50. The number of carbonyl (C=O) groups is 2. The zero-order valence-electron chi connectivity index (χ0n) is 18.4. The standard InChI is InChI=1S/C23H26FN5O3/c1-14-18(22(31)25-21-20(14)15(2)26-27(21)3)8-9-19(30)28-10-12-29(13-11-28)23(32)16-4-6-17(24)7-5-16/h4-7H,8-13H2,1-3H3,(H,25,31). The summed E-state index contributed by atoms with van der Waals surface area (Å²) in [5, 5.41) is 5.29. The molecule has 1 aliphatic rings. The van der Waals surface area contributed by atoms with E-state index in [0.717, 1.165) is 16.6 Å². The van der Waals surface area contributed by atoms with Crippen LogP contribution in [0, 0.1) is 19.7 Å². The van der Waals surface area contributed by atoms with Crippen molar-refractivity contribution < 1.29 is 14.0 Å². The van der Waals surface area contributed by atoms with E-state index in [0.29, 0.717) is 49.4 Å². The number of benzene rings is 1. The molecule has 2 aromatic heterocycles. The minimum absolute atomic E-state index is 0.0410. The van der Waals surface area contributed by atoms with Crippen molar-refractivity contribution in [2.45, 2.75) is 26.7 Å². The molecule has 0 saturated carbocycles. The number of piperazine rings is 1. The molecule has 1 aliphatic heterocycles. The molecule has 2 amide bonds. The van der Waals surface area contributed by atoms with E-state index in [4.69, 9.17) is 0 Å². The second-order valence-corrected chi connectivity index (χ2v) is 8.17. The molecule has 4 rings (SSSR count). The predicted molar refractivity (Wildman–Crippen MR) is 118 cm³/mol. The van der Waals surface area contributed by atoms with Crippen LogP contribution in [0.5, 0.6) is 0 Å². The van der Waals surface area contributed by atoms with Crippen molar-refractivity contribution in [3.05, 3.63) is 62.8 Å². The smallest absolute Gasteiger partial charge is 0.253 e. The monoisotopic (exact) mass is 439 g/mol. The van der Waals surface area contributed by atoms with E-state index in [9.17, 15) is 18.8 Å². The fraction of sp³-hybridized carbons (Fsp3) is 0.391. The molecule has 0 atom stereocenters. The first-order valence-corrected chi connectivity index (χ1v) is 10.6. The first-order chi connectivity index (χ1) is 15.3. The molecule has 0 bridgehead atoms. The molecule has 1 saturated heterocycles. The number of pyridine rings is 1. The molecule has 0 radical (unpaired) electrons. The average Bonchev–Trinajstić information content (AvgIpc) is 3.06. The fourth-order valence-corrected chi connectivity index (χ4v) is 4.38. The van der Waals surface area contributed by atoms with Crippen LogP contribution in [0.15, 0.2) is 29.1 Å². The Kier molecular flexibility index (Phi) is 5.82. The van der Waals surface area contributed by atoms with Crippen molar-refractivity contribution in [3.63, 3.8) is 0 Å². The van der Waals surface area contributed by atoms with Crippen molar-refractivity contribution in [3.8, 4) is 0 Å². The van der Waals surface area contributed by atoms with Crippen LogP contribution in [0.1, 0.15) is 33.6 Å². The fourth-order valence-electron chi connectivity index (χ4n) is 4.38. The van der Waals surface area contributed by atoms with Crippen LogP contribution in [0.25, 0.3) is 11.0 Å². The lowest BCUT2D eigenvalue weighted by atomic mass is 10.0. The minimum Gasteiger partial charge on any atom is -0.339 e. The lowest BCUT2D eigenvalue weighted by molar-refractivity contribution is -0.132. The number of aromatic amines is 1. The second kappa shape index (κ2) is 8.57. The summed E-state index contributed by atoms with van der Waals surface area (Å²) in [5.74, 6) is -0.594. The SMILES string of the molecule is Cc1nn(C)c2[nH]c(=O)c(CCC(=O)N3CCN(C(=O)c4ccc(F)cc4)CC3)c(C)c12.